The van der Waals surface area contributed by atoms with Crippen LogP contribution in [0.5, 0.6) is 0 Å². The molecule has 1 heterocycles. The molecule has 0 amide bonds. The second-order valence-corrected chi connectivity index (χ2v) is 14.2. The highest BCUT2D eigenvalue weighted by Crippen LogP contribution is 2.24. The maximum Gasteiger partial charge on any atom is 0.267 e. The molecule has 3 rings (SSSR count). The first-order valence-electron chi connectivity index (χ1n) is 8.30. The Hall–Kier alpha value is -2.11. The van der Waals surface area contributed by atoms with Crippen LogP contribution >= 0.6 is 0 Å². The quantitative estimate of drug-likeness (QED) is 0.645. The first kappa shape index (κ1) is 17.7. The van der Waals surface area contributed by atoms with Crippen LogP contribution in [0, 0.1) is 6.92 Å². The third-order valence-electron chi connectivity index (χ3n) is 4.29. The molecule has 0 aliphatic carbocycles. The highest BCUT2D eigenvalue weighted by atomic mass is 32.2. The number of hydrogen-bond donors (Lipinski definition) is 0. The van der Waals surface area contributed by atoms with Crippen molar-refractivity contribution in [3.63, 3.8) is 0 Å². The van der Waals surface area contributed by atoms with E-state index in [1.54, 1.807) is 18.3 Å². The van der Waals surface area contributed by atoms with E-state index in [-0.39, 0.29) is 0 Å². The zero-order valence-corrected chi connectivity index (χ0v) is 16.8. The van der Waals surface area contributed by atoms with Gasteiger partial charge in [0.1, 0.15) is 0 Å². The summed E-state index contributed by atoms with van der Waals surface area (Å²) < 4.78 is 27.5. The third kappa shape index (κ3) is 3.48. The number of rotatable bonds is 4. The minimum atomic E-state index is -3.59. The lowest BCUT2D eigenvalue weighted by Crippen LogP contribution is -2.38. The molecule has 0 radical (unpaired) electrons. The van der Waals surface area contributed by atoms with Gasteiger partial charge in [-0.2, -0.15) is 0 Å². The highest BCUT2D eigenvalue weighted by Gasteiger charge is 2.26. The van der Waals surface area contributed by atoms with Crippen molar-refractivity contribution >= 4 is 23.3 Å². The Kier molecular flexibility index (Phi) is 4.47. The Morgan fingerprint density at radius 3 is 2.00 bits per heavy atom. The summed E-state index contributed by atoms with van der Waals surface area (Å²) in [5.41, 5.74) is 3.10. The molecule has 0 aliphatic rings. The van der Waals surface area contributed by atoms with Crippen molar-refractivity contribution in [2.45, 2.75) is 31.5 Å². The van der Waals surface area contributed by atoms with Crippen molar-refractivity contribution < 1.29 is 8.42 Å². The Bertz CT molecular complexity index is 982. The minimum absolute atomic E-state index is 0.315. The van der Waals surface area contributed by atoms with Crippen molar-refractivity contribution in [3.8, 4) is 11.1 Å². The number of nitrogens with zero attached hydrogens (tertiary/aromatic N) is 1. The Balaban J connectivity index is 2.18. The maximum atomic E-state index is 13.0. The molecular formula is C20H23NO2SSi. The average molecular weight is 370 g/mol. The molecule has 2 aromatic carbocycles. The molecule has 0 saturated carbocycles. The number of aryl methyl sites for hydroxylation is 1. The summed E-state index contributed by atoms with van der Waals surface area (Å²) >= 11 is 0. The predicted molar refractivity (Wildman–Crippen MR) is 107 cm³/mol. The maximum absolute atomic E-state index is 13.0. The second-order valence-electron chi connectivity index (χ2n) is 7.35. The van der Waals surface area contributed by atoms with Crippen molar-refractivity contribution in [3.05, 3.63) is 72.6 Å². The van der Waals surface area contributed by atoms with E-state index < -0.39 is 18.1 Å². The molecular weight excluding hydrogens is 346 g/mol. The normalized spacial score (nSPS) is 12.3. The van der Waals surface area contributed by atoms with E-state index in [2.05, 4.69) is 19.6 Å². The summed E-state index contributed by atoms with van der Waals surface area (Å²) in [5, 5.41) is 1.15. The van der Waals surface area contributed by atoms with E-state index in [0.717, 1.165) is 21.9 Å². The fourth-order valence-electron chi connectivity index (χ4n) is 2.85. The summed E-state index contributed by atoms with van der Waals surface area (Å²) in [6, 6.07) is 17.0. The Labute approximate surface area is 151 Å². The molecule has 0 spiro atoms. The van der Waals surface area contributed by atoms with Gasteiger partial charge in [0.15, 0.2) is 0 Å². The fraction of sp³-hybridized carbons (Fsp3) is 0.200. The molecule has 0 saturated heterocycles. The van der Waals surface area contributed by atoms with Gasteiger partial charge in [-0.15, -0.1) is 0 Å². The zero-order valence-electron chi connectivity index (χ0n) is 15.0. The van der Waals surface area contributed by atoms with Crippen LogP contribution in [0.2, 0.25) is 19.6 Å². The van der Waals surface area contributed by atoms with Crippen molar-refractivity contribution in [2.75, 3.05) is 0 Å². The van der Waals surface area contributed by atoms with Gasteiger partial charge in [-0.25, -0.2) is 12.4 Å². The van der Waals surface area contributed by atoms with E-state index in [1.165, 1.54) is 3.97 Å². The lowest BCUT2D eigenvalue weighted by molar-refractivity contribution is 0.587. The highest BCUT2D eigenvalue weighted by molar-refractivity contribution is 7.90. The molecule has 0 fully saturated rings. The Morgan fingerprint density at radius 2 is 1.44 bits per heavy atom. The molecule has 0 atom stereocenters. The molecule has 1 aromatic heterocycles. The summed E-state index contributed by atoms with van der Waals surface area (Å²) in [6.07, 6.45) is 3.57. The van der Waals surface area contributed by atoms with Crippen molar-refractivity contribution in [1.29, 1.82) is 0 Å². The lowest BCUT2D eigenvalue weighted by Gasteiger charge is -2.17. The third-order valence-corrected chi connectivity index (χ3v) is 7.94. The van der Waals surface area contributed by atoms with Gasteiger partial charge in [0.25, 0.3) is 10.0 Å². The fourth-order valence-corrected chi connectivity index (χ4v) is 5.70. The molecule has 25 heavy (non-hydrogen) atoms. The van der Waals surface area contributed by atoms with Gasteiger partial charge in [0, 0.05) is 12.4 Å². The van der Waals surface area contributed by atoms with Gasteiger partial charge in [0.2, 0.25) is 0 Å². The standard InChI is InChI=1S/C20H23NO2SSi/c1-16-10-12-18(13-11-16)24(22,23)21-14-19(17-8-6-5-7-9-17)20(15-21)25(2,3)4/h5-15H,1-4H3. The number of hydrogen-bond acceptors (Lipinski definition) is 2. The molecule has 0 unspecified atom stereocenters. The SMILES string of the molecule is Cc1ccc(S(=O)(=O)n2cc(-c3ccccc3)c([Si](C)(C)C)c2)cc1. The van der Waals surface area contributed by atoms with Crippen LogP contribution in [0.3, 0.4) is 0 Å². The molecule has 0 bridgehead atoms. The molecule has 5 heteroatoms. The van der Waals surface area contributed by atoms with Crippen LogP contribution in [0.15, 0.2) is 71.9 Å². The summed E-state index contributed by atoms with van der Waals surface area (Å²) in [4.78, 5) is 0.315. The van der Waals surface area contributed by atoms with Crippen LogP contribution in [0.1, 0.15) is 5.56 Å². The number of benzene rings is 2. The smallest absolute Gasteiger partial charge is 0.249 e. The van der Waals surface area contributed by atoms with Crippen LogP contribution in [0.25, 0.3) is 11.1 Å². The number of aromatic nitrogens is 1. The van der Waals surface area contributed by atoms with Crippen LogP contribution in [-0.2, 0) is 10.0 Å². The average Bonchev–Trinajstić information content (AvgIpc) is 3.02. The molecule has 0 aliphatic heterocycles. The van der Waals surface area contributed by atoms with E-state index in [4.69, 9.17) is 0 Å². The van der Waals surface area contributed by atoms with Crippen molar-refractivity contribution in [2.24, 2.45) is 0 Å². The van der Waals surface area contributed by atoms with E-state index in [9.17, 15) is 8.42 Å². The summed E-state index contributed by atoms with van der Waals surface area (Å²) in [6.45, 7) is 8.65. The van der Waals surface area contributed by atoms with Gasteiger partial charge in [0.05, 0.1) is 13.0 Å². The van der Waals surface area contributed by atoms with Gasteiger partial charge < -0.3 is 0 Å². The zero-order chi connectivity index (χ0) is 18.2. The van der Waals surface area contributed by atoms with Gasteiger partial charge >= 0.3 is 0 Å². The van der Waals surface area contributed by atoms with Crippen LogP contribution in [0.4, 0.5) is 0 Å². The Morgan fingerprint density at radius 1 is 0.840 bits per heavy atom. The van der Waals surface area contributed by atoms with E-state index in [0.29, 0.717) is 4.90 Å². The van der Waals surface area contributed by atoms with Crippen LogP contribution < -0.4 is 5.19 Å². The molecule has 3 aromatic rings. The van der Waals surface area contributed by atoms with Crippen molar-refractivity contribution in [1.82, 2.24) is 3.97 Å². The molecule has 130 valence electrons. The monoisotopic (exact) mass is 369 g/mol. The largest absolute Gasteiger partial charge is 0.267 e. The van der Waals surface area contributed by atoms with E-state index in [1.807, 2.05) is 55.6 Å². The summed E-state index contributed by atoms with van der Waals surface area (Å²) in [7, 11) is -5.30. The predicted octanol–water partition coefficient (Wildman–Crippen LogP) is 4.25. The van der Waals surface area contributed by atoms with Gasteiger partial charge in [-0.3, -0.25) is 0 Å². The first-order valence-corrected chi connectivity index (χ1v) is 13.2. The summed E-state index contributed by atoms with van der Waals surface area (Å²) in [5.74, 6) is 0. The minimum Gasteiger partial charge on any atom is -0.249 e. The van der Waals surface area contributed by atoms with Gasteiger partial charge in [-0.05, 0) is 35.4 Å². The second kappa shape index (κ2) is 6.31. The first-order chi connectivity index (χ1) is 11.7. The van der Waals surface area contributed by atoms with E-state index >= 15 is 0 Å². The topological polar surface area (TPSA) is 39.1 Å². The molecule has 0 N–H and O–H groups in total. The van der Waals surface area contributed by atoms with Crippen LogP contribution in [-0.4, -0.2) is 20.5 Å². The molecule has 3 nitrogen and oxygen atoms in total. The lowest BCUT2D eigenvalue weighted by atomic mass is 10.1. The van der Waals surface area contributed by atoms with Gasteiger partial charge in [-0.1, -0.05) is 67.7 Å².